The first kappa shape index (κ1) is 9.90. The molecule has 2 rings (SSSR count). The van der Waals surface area contributed by atoms with Gasteiger partial charge in [-0.2, -0.15) is 0 Å². The molecule has 0 N–H and O–H groups in total. The molecule has 15 heavy (non-hydrogen) atoms. The monoisotopic (exact) mass is 204 g/mol. The predicted octanol–water partition coefficient (Wildman–Crippen LogP) is 1.71. The van der Waals surface area contributed by atoms with Crippen LogP contribution in [0.2, 0.25) is 0 Å². The molecule has 0 aromatic rings. The predicted molar refractivity (Wildman–Crippen MR) is 55.1 cm³/mol. The van der Waals surface area contributed by atoms with Gasteiger partial charge in [-0.05, 0) is 26.8 Å². The van der Waals surface area contributed by atoms with Crippen LogP contribution < -0.4 is 0 Å². The van der Waals surface area contributed by atoms with E-state index in [1.165, 1.54) is 0 Å². The van der Waals surface area contributed by atoms with Crippen molar-refractivity contribution < 1.29 is 14.3 Å². The van der Waals surface area contributed by atoms with Gasteiger partial charge >= 0.3 is 0 Å². The van der Waals surface area contributed by atoms with Gasteiger partial charge in [-0.1, -0.05) is 0 Å². The van der Waals surface area contributed by atoms with Crippen molar-refractivity contribution in [1.82, 2.24) is 0 Å². The van der Waals surface area contributed by atoms with Gasteiger partial charge in [-0.15, -0.1) is 0 Å². The highest BCUT2D eigenvalue weighted by atomic mass is 16.5. The third-order valence-corrected chi connectivity index (χ3v) is 2.88. The number of hydrogen-bond donors (Lipinski definition) is 0. The van der Waals surface area contributed by atoms with E-state index in [1.807, 2.05) is 0 Å². The summed E-state index contributed by atoms with van der Waals surface area (Å²) < 4.78 is 5.26. The molecular weight excluding hydrogens is 192 g/mol. The van der Waals surface area contributed by atoms with E-state index in [0.717, 1.165) is 0 Å². The highest BCUT2D eigenvalue weighted by molar-refractivity contribution is 6.26. The Morgan fingerprint density at radius 3 is 2.33 bits per heavy atom. The molecule has 1 aliphatic heterocycles. The number of carbonyl (C=O) groups is 2. The van der Waals surface area contributed by atoms with Crippen LogP contribution in [-0.4, -0.2) is 18.2 Å². The zero-order valence-electron chi connectivity index (χ0n) is 9.01. The highest BCUT2D eigenvalue weighted by Crippen LogP contribution is 2.29. The van der Waals surface area contributed by atoms with Crippen LogP contribution in [0.15, 0.2) is 34.1 Å². The first-order valence-electron chi connectivity index (χ1n) is 4.83. The zero-order chi connectivity index (χ0) is 11.2. The van der Waals surface area contributed by atoms with E-state index in [9.17, 15) is 9.59 Å². The molecule has 0 radical (unpaired) electrons. The van der Waals surface area contributed by atoms with Gasteiger partial charge in [0.2, 0.25) is 0 Å². The quantitative estimate of drug-likeness (QED) is 0.564. The van der Waals surface area contributed by atoms with Crippen molar-refractivity contribution in [3.8, 4) is 0 Å². The van der Waals surface area contributed by atoms with Crippen molar-refractivity contribution in [1.29, 1.82) is 0 Å². The van der Waals surface area contributed by atoms with E-state index in [0.29, 0.717) is 28.1 Å². The average Bonchev–Trinajstić information content (AvgIpc) is 2.23. The average molecular weight is 204 g/mol. The minimum atomic E-state index is -0.0640. The van der Waals surface area contributed by atoms with Crippen LogP contribution >= 0.6 is 0 Å². The van der Waals surface area contributed by atoms with Crippen molar-refractivity contribution in [2.75, 3.05) is 6.61 Å². The Morgan fingerprint density at radius 2 is 1.67 bits per heavy atom. The van der Waals surface area contributed by atoms with Gasteiger partial charge in [0, 0.05) is 22.3 Å². The van der Waals surface area contributed by atoms with E-state index in [-0.39, 0.29) is 18.2 Å². The van der Waals surface area contributed by atoms with E-state index >= 15 is 0 Å². The summed E-state index contributed by atoms with van der Waals surface area (Å²) in [7, 11) is 0. The van der Waals surface area contributed by atoms with Gasteiger partial charge < -0.3 is 4.74 Å². The SMILES string of the molecule is CC1=CC2=C(CO1)C(=O)C(C)=C(C)C2=O. The minimum absolute atomic E-state index is 0.0512. The lowest BCUT2D eigenvalue weighted by Gasteiger charge is -2.23. The van der Waals surface area contributed by atoms with E-state index in [4.69, 9.17) is 4.74 Å². The fraction of sp³-hybridized carbons (Fsp3) is 0.333. The fourth-order valence-corrected chi connectivity index (χ4v) is 1.76. The number of ether oxygens (including phenoxy) is 1. The molecule has 0 aromatic heterocycles. The van der Waals surface area contributed by atoms with Gasteiger partial charge in [0.1, 0.15) is 6.61 Å². The Hall–Kier alpha value is -1.64. The number of ketones is 2. The number of allylic oxidation sites excluding steroid dienone is 5. The summed E-state index contributed by atoms with van der Waals surface area (Å²) in [6, 6.07) is 0. The van der Waals surface area contributed by atoms with Gasteiger partial charge in [-0.25, -0.2) is 0 Å². The number of hydrogen-bond acceptors (Lipinski definition) is 3. The maximum atomic E-state index is 11.9. The van der Waals surface area contributed by atoms with Crippen LogP contribution in [0.25, 0.3) is 0 Å². The van der Waals surface area contributed by atoms with Crippen molar-refractivity contribution in [3.63, 3.8) is 0 Å². The highest BCUT2D eigenvalue weighted by Gasteiger charge is 2.31. The summed E-state index contributed by atoms with van der Waals surface area (Å²) in [5, 5.41) is 0. The molecule has 0 bridgehead atoms. The molecule has 0 amide bonds. The maximum absolute atomic E-state index is 11.9. The minimum Gasteiger partial charge on any atom is -0.493 e. The van der Waals surface area contributed by atoms with E-state index in [1.54, 1.807) is 26.8 Å². The van der Waals surface area contributed by atoms with Crippen LogP contribution in [0.3, 0.4) is 0 Å². The lowest BCUT2D eigenvalue weighted by Crippen LogP contribution is -2.25. The third kappa shape index (κ3) is 1.35. The lowest BCUT2D eigenvalue weighted by molar-refractivity contribution is -0.116. The third-order valence-electron chi connectivity index (χ3n) is 2.88. The Labute approximate surface area is 88.1 Å². The van der Waals surface area contributed by atoms with Gasteiger partial charge in [-0.3, -0.25) is 9.59 Å². The van der Waals surface area contributed by atoms with E-state index < -0.39 is 0 Å². The molecule has 1 heterocycles. The van der Waals surface area contributed by atoms with Crippen molar-refractivity contribution in [3.05, 3.63) is 34.1 Å². The summed E-state index contributed by atoms with van der Waals surface area (Å²) in [6.45, 7) is 5.37. The maximum Gasteiger partial charge on any atom is 0.189 e. The molecule has 0 aromatic carbocycles. The van der Waals surface area contributed by atoms with Crippen LogP contribution in [0.4, 0.5) is 0 Å². The van der Waals surface area contributed by atoms with Crippen molar-refractivity contribution in [2.24, 2.45) is 0 Å². The number of rotatable bonds is 0. The summed E-state index contributed by atoms with van der Waals surface area (Å²) >= 11 is 0. The molecule has 78 valence electrons. The van der Waals surface area contributed by atoms with Crippen LogP contribution in [0.1, 0.15) is 20.8 Å². The molecule has 0 saturated carbocycles. The normalized spacial score (nSPS) is 21.4. The molecule has 3 heteroatoms. The molecule has 2 aliphatic rings. The second-order valence-corrected chi connectivity index (χ2v) is 3.84. The summed E-state index contributed by atoms with van der Waals surface area (Å²) in [5.74, 6) is 0.567. The Kier molecular flexibility index (Phi) is 2.11. The summed E-state index contributed by atoms with van der Waals surface area (Å²) in [6.07, 6.45) is 1.65. The summed E-state index contributed by atoms with van der Waals surface area (Å²) in [4.78, 5) is 23.7. The molecule has 1 aliphatic carbocycles. The second-order valence-electron chi connectivity index (χ2n) is 3.84. The van der Waals surface area contributed by atoms with Crippen LogP contribution in [0.5, 0.6) is 0 Å². The molecule has 0 saturated heterocycles. The number of Topliss-reactive ketones (excluding diaryl/α,β-unsaturated/α-hetero) is 2. The summed E-state index contributed by atoms with van der Waals surface area (Å²) in [5.41, 5.74) is 2.08. The second kappa shape index (κ2) is 3.19. The number of carbonyl (C=O) groups excluding carboxylic acids is 2. The smallest absolute Gasteiger partial charge is 0.189 e. The first-order chi connectivity index (χ1) is 7.02. The van der Waals surface area contributed by atoms with Crippen molar-refractivity contribution in [2.45, 2.75) is 20.8 Å². The van der Waals surface area contributed by atoms with Crippen LogP contribution in [0, 0.1) is 0 Å². The topological polar surface area (TPSA) is 43.4 Å². The van der Waals surface area contributed by atoms with Gasteiger partial charge in [0.25, 0.3) is 0 Å². The largest absolute Gasteiger partial charge is 0.493 e. The lowest BCUT2D eigenvalue weighted by atomic mass is 9.84. The molecule has 3 nitrogen and oxygen atoms in total. The first-order valence-corrected chi connectivity index (χ1v) is 4.83. The molecule has 0 spiro atoms. The molecule has 0 unspecified atom stereocenters. The Bertz CT molecular complexity index is 461. The molecular formula is C12H12O3. The van der Waals surface area contributed by atoms with Gasteiger partial charge in [0.05, 0.1) is 5.76 Å². The molecule has 0 fully saturated rings. The van der Waals surface area contributed by atoms with E-state index in [2.05, 4.69) is 0 Å². The van der Waals surface area contributed by atoms with Crippen LogP contribution in [-0.2, 0) is 14.3 Å². The standard InChI is InChI=1S/C12H12O3/c1-6-4-9-10(5-15-6)12(14)8(3)7(2)11(9)13/h4H,5H2,1-3H3. The zero-order valence-corrected chi connectivity index (χ0v) is 9.01. The molecule has 0 atom stereocenters. The Morgan fingerprint density at radius 1 is 1.07 bits per heavy atom. The van der Waals surface area contributed by atoms with Crippen molar-refractivity contribution >= 4 is 11.6 Å². The fourth-order valence-electron chi connectivity index (χ4n) is 1.76. The Balaban J connectivity index is 2.58. The van der Waals surface area contributed by atoms with Gasteiger partial charge in [0.15, 0.2) is 11.6 Å².